The Hall–Kier alpha value is -2.77. The third-order valence-corrected chi connectivity index (χ3v) is 4.49. The minimum absolute atomic E-state index is 0.229. The fourth-order valence-corrected chi connectivity index (χ4v) is 3.05. The summed E-state index contributed by atoms with van der Waals surface area (Å²) in [7, 11) is 1.76. The first-order valence-corrected chi connectivity index (χ1v) is 8.75. The van der Waals surface area contributed by atoms with Gasteiger partial charge in [0.1, 0.15) is 12.1 Å². The van der Waals surface area contributed by atoms with Crippen LogP contribution < -0.4 is 11.1 Å². The van der Waals surface area contributed by atoms with E-state index in [1.807, 2.05) is 0 Å². The molecule has 0 saturated carbocycles. The van der Waals surface area contributed by atoms with Gasteiger partial charge in [0.15, 0.2) is 5.82 Å². The molecule has 0 aliphatic rings. The first kappa shape index (κ1) is 19.0. The number of halogens is 2. The molecule has 3 N–H and O–H groups in total. The highest BCUT2D eigenvalue weighted by Gasteiger charge is 2.16. The topological polar surface area (TPSA) is 85.8 Å². The van der Waals surface area contributed by atoms with E-state index >= 15 is 0 Å². The summed E-state index contributed by atoms with van der Waals surface area (Å²) in [4.78, 5) is 16.7. The molecule has 0 radical (unpaired) electrons. The Morgan fingerprint density at radius 3 is 2.78 bits per heavy atom. The molecule has 8 heteroatoms. The molecule has 0 spiro atoms. The maximum atomic E-state index is 13.3. The molecule has 1 heterocycles. The molecule has 6 nitrogen and oxygen atoms in total. The van der Waals surface area contributed by atoms with E-state index in [1.54, 1.807) is 42.1 Å². The number of carbonyl (C=O) groups excluding carboxylic acids is 1. The van der Waals surface area contributed by atoms with Crippen molar-refractivity contribution in [2.75, 3.05) is 6.54 Å². The molecule has 1 atom stereocenters. The van der Waals surface area contributed by atoms with E-state index in [4.69, 9.17) is 17.3 Å². The van der Waals surface area contributed by atoms with Gasteiger partial charge in [0, 0.05) is 30.8 Å². The van der Waals surface area contributed by atoms with E-state index in [0.29, 0.717) is 28.4 Å². The number of nitrogens with one attached hydrogen (secondary N) is 1. The number of carbonyl (C=O) groups is 1. The molecule has 3 aromatic rings. The number of nitrogens with two attached hydrogens (primary N) is 1. The molecule has 0 aliphatic carbocycles. The number of aryl methyl sites for hydroxylation is 1. The van der Waals surface area contributed by atoms with Crippen LogP contribution in [-0.2, 0) is 13.5 Å². The van der Waals surface area contributed by atoms with Gasteiger partial charge >= 0.3 is 0 Å². The third kappa shape index (κ3) is 4.50. The lowest BCUT2D eigenvalue weighted by atomic mass is 10.0. The van der Waals surface area contributed by atoms with Crippen molar-refractivity contribution in [2.24, 2.45) is 12.8 Å². The Balaban J connectivity index is 1.73. The fourth-order valence-electron chi connectivity index (χ4n) is 2.79. The molecule has 2 aromatic carbocycles. The Morgan fingerprint density at radius 2 is 2.15 bits per heavy atom. The van der Waals surface area contributed by atoms with Crippen molar-refractivity contribution in [3.63, 3.8) is 0 Å². The van der Waals surface area contributed by atoms with Gasteiger partial charge in [0.2, 0.25) is 0 Å². The number of hydrogen-bond donors (Lipinski definition) is 2. The summed E-state index contributed by atoms with van der Waals surface area (Å²) in [6.07, 6.45) is 1.87. The second-order valence-corrected chi connectivity index (χ2v) is 6.55. The zero-order valence-electron chi connectivity index (χ0n) is 14.7. The summed E-state index contributed by atoms with van der Waals surface area (Å²) < 4.78 is 14.9. The van der Waals surface area contributed by atoms with Crippen molar-refractivity contribution in [3.05, 3.63) is 70.8 Å². The van der Waals surface area contributed by atoms with Gasteiger partial charge < -0.3 is 11.1 Å². The Morgan fingerprint density at radius 1 is 1.33 bits per heavy atom. The van der Waals surface area contributed by atoms with Gasteiger partial charge in [-0.25, -0.2) is 14.1 Å². The van der Waals surface area contributed by atoms with Crippen molar-refractivity contribution in [1.29, 1.82) is 0 Å². The van der Waals surface area contributed by atoms with E-state index in [-0.39, 0.29) is 24.3 Å². The monoisotopic (exact) mass is 387 g/mol. The molecule has 0 saturated heterocycles. The standard InChI is InChI=1S/C19H19ClFN5O/c1-26-18(23-11-24-26)16-6-5-13(9-17(16)20)19(27)25-15(10-22)8-12-3-2-4-14(21)7-12/h2-7,9,11,15H,8,10,22H2,1H3,(H,25,27)/t15-/m0/s1. The van der Waals surface area contributed by atoms with Crippen LogP contribution in [0.5, 0.6) is 0 Å². The van der Waals surface area contributed by atoms with Crippen molar-refractivity contribution < 1.29 is 9.18 Å². The zero-order chi connectivity index (χ0) is 19.4. The minimum Gasteiger partial charge on any atom is -0.348 e. The highest BCUT2D eigenvalue weighted by Crippen LogP contribution is 2.26. The van der Waals surface area contributed by atoms with Crippen molar-refractivity contribution in [1.82, 2.24) is 20.1 Å². The molecule has 0 fully saturated rings. The van der Waals surface area contributed by atoms with Crippen molar-refractivity contribution in [3.8, 4) is 11.4 Å². The fraction of sp³-hybridized carbons (Fsp3) is 0.211. The Labute approximate surface area is 161 Å². The van der Waals surface area contributed by atoms with Crippen LogP contribution in [0.15, 0.2) is 48.8 Å². The maximum Gasteiger partial charge on any atom is 0.251 e. The number of aromatic nitrogens is 3. The summed E-state index contributed by atoms with van der Waals surface area (Å²) in [6.45, 7) is 0.229. The van der Waals surface area contributed by atoms with E-state index < -0.39 is 0 Å². The highest BCUT2D eigenvalue weighted by molar-refractivity contribution is 6.33. The van der Waals surface area contributed by atoms with Gasteiger partial charge in [0.05, 0.1) is 5.02 Å². The highest BCUT2D eigenvalue weighted by atomic mass is 35.5. The maximum absolute atomic E-state index is 13.3. The van der Waals surface area contributed by atoms with E-state index in [1.165, 1.54) is 18.5 Å². The molecule has 27 heavy (non-hydrogen) atoms. The van der Waals surface area contributed by atoms with Crippen LogP contribution in [0.25, 0.3) is 11.4 Å². The average molecular weight is 388 g/mol. The minimum atomic E-state index is -0.323. The molecule has 140 valence electrons. The van der Waals surface area contributed by atoms with Crippen LogP contribution in [0.2, 0.25) is 5.02 Å². The third-order valence-electron chi connectivity index (χ3n) is 4.17. The molecule has 1 amide bonds. The van der Waals surface area contributed by atoms with E-state index in [9.17, 15) is 9.18 Å². The van der Waals surface area contributed by atoms with Gasteiger partial charge in [-0.1, -0.05) is 23.7 Å². The van der Waals surface area contributed by atoms with Crippen LogP contribution >= 0.6 is 11.6 Å². The van der Waals surface area contributed by atoms with E-state index in [2.05, 4.69) is 15.4 Å². The van der Waals surface area contributed by atoms with Crippen LogP contribution in [0.4, 0.5) is 4.39 Å². The average Bonchev–Trinajstić information content (AvgIpc) is 3.06. The second kappa shape index (κ2) is 8.28. The van der Waals surface area contributed by atoms with Gasteiger partial charge in [0.25, 0.3) is 5.91 Å². The van der Waals surface area contributed by atoms with Gasteiger partial charge in [-0.15, -0.1) is 0 Å². The summed E-state index contributed by atoms with van der Waals surface area (Å²) in [5, 5.41) is 7.28. The first-order valence-electron chi connectivity index (χ1n) is 8.37. The van der Waals surface area contributed by atoms with E-state index in [0.717, 1.165) is 5.56 Å². The Kier molecular flexibility index (Phi) is 5.83. The SMILES string of the molecule is Cn1ncnc1-c1ccc(C(=O)N[C@H](CN)Cc2cccc(F)c2)cc1Cl. The lowest BCUT2D eigenvalue weighted by Gasteiger charge is -2.17. The Bertz CT molecular complexity index is 959. The number of nitrogens with zero attached hydrogens (tertiary/aromatic N) is 3. The summed E-state index contributed by atoms with van der Waals surface area (Å²) in [5.41, 5.74) is 7.62. The predicted molar refractivity (Wildman–Crippen MR) is 102 cm³/mol. The lowest BCUT2D eigenvalue weighted by molar-refractivity contribution is 0.0938. The number of hydrogen-bond acceptors (Lipinski definition) is 4. The first-order chi connectivity index (χ1) is 13.0. The number of rotatable bonds is 6. The summed E-state index contributed by atoms with van der Waals surface area (Å²) in [6, 6.07) is 10.9. The zero-order valence-corrected chi connectivity index (χ0v) is 15.4. The van der Waals surface area contributed by atoms with Gasteiger partial charge in [-0.2, -0.15) is 5.10 Å². The summed E-state index contributed by atoms with van der Waals surface area (Å²) in [5.74, 6) is -0.00749. The van der Waals surface area contributed by atoms with Crippen LogP contribution in [-0.4, -0.2) is 33.3 Å². The van der Waals surface area contributed by atoms with Crippen LogP contribution in [0.3, 0.4) is 0 Å². The number of benzene rings is 2. The molecular formula is C19H19ClFN5O. The molecule has 0 aliphatic heterocycles. The molecule has 1 aromatic heterocycles. The van der Waals surface area contributed by atoms with Crippen molar-refractivity contribution >= 4 is 17.5 Å². The largest absolute Gasteiger partial charge is 0.348 e. The lowest BCUT2D eigenvalue weighted by Crippen LogP contribution is -2.41. The smallest absolute Gasteiger partial charge is 0.251 e. The van der Waals surface area contributed by atoms with Crippen molar-refractivity contribution in [2.45, 2.75) is 12.5 Å². The van der Waals surface area contributed by atoms with Crippen LogP contribution in [0.1, 0.15) is 15.9 Å². The number of amides is 1. The quantitative estimate of drug-likeness (QED) is 0.680. The molecule has 0 bridgehead atoms. The van der Waals surface area contributed by atoms with Crippen LogP contribution in [0, 0.1) is 5.82 Å². The second-order valence-electron chi connectivity index (χ2n) is 6.14. The van der Waals surface area contributed by atoms with Gasteiger partial charge in [-0.3, -0.25) is 4.79 Å². The normalized spacial score (nSPS) is 12.0. The summed E-state index contributed by atoms with van der Waals surface area (Å²) >= 11 is 6.33. The van der Waals surface area contributed by atoms with Gasteiger partial charge in [-0.05, 0) is 42.3 Å². The molecular weight excluding hydrogens is 369 g/mol. The molecule has 0 unspecified atom stereocenters. The molecule has 3 rings (SSSR count). The predicted octanol–water partition coefficient (Wildman–Crippen LogP) is 2.57.